The molecule has 0 aliphatic carbocycles. The van der Waals surface area contributed by atoms with Crippen molar-refractivity contribution in [3.05, 3.63) is 0 Å². The largest absolute Gasteiger partial charge is 0.456 e. The third-order valence-corrected chi connectivity index (χ3v) is 7.89. The maximum absolute atomic E-state index is 12.0. The fourth-order valence-corrected chi connectivity index (χ4v) is 6.34. The minimum atomic E-state index is -1.09. The van der Waals surface area contributed by atoms with Gasteiger partial charge in [0.15, 0.2) is 18.3 Å². The fraction of sp³-hybridized carbons (Fsp3) is 0.810. The first-order valence-electron chi connectivity index (χ1n) is 10.7. The Bertz CT molecular complexity index is 680. The SMILES string of the molecule is CS[C@H]1O[C@H]([C@H](C[S+](C)CCCCS)NC(C)=O)[C@H](OC(C)=O)[C@H](OC(C)=O)[C@H]1OC(C)=O. The predicted octanol–water partition coefficient (Wildman–Crippen LogP) is 1.33. The summed E-state index contributed by atoms with van der Waals surface area (Å²) in [6.45, 7) is 5.11. The third kappa shape index (κ3) is 10.4. The van der Waals surface area contributed by atoms with Crippen LogP contribution < -0.4 is 5.32 Å². The van der Waals surface area contributed by atoms with Gasteiger partial charge in [-0.25, -0.2) is 0 Å². The molecule has 9 nitrogen and oxygen atoms in total. The lowest BCUT2D eigenvalue weighted by molar-refractivity contribution is -0.234. The van der Waals surface area contributed by atoms with Gasteiger partial charge in [-0.1, -0.05) is 0 Å². The zero-order valence-electron chi connectivity index (χ0n) is 20.0. The summed E-state index contributed by atoms with van der Waals surface area (Å²) in [4.78, 5) is 47.7. The smallest absolute Gasteiger partial charge is 0.303 e. The molecule has 1 saturated heterocycles. The predicted molar refractivity (Wildman–Crippen MR) is 133 cm³/mol. The number of thiol groups is 1. The van der Waals surface area contributed by atoms with Gasteiger partial charge < -0.3 is 24.3 Å². The number of rotatable bonds is 12. The van der Waals surface area contributed by atoms with E-state index in [0.717, 1.165) is 24.3 Å². The molecule has 0 radical (unpaired) electrons. The number of carbonyl (C=O) groups excluding carboxylic acids is 4. The molecule has 190 valence electrons. The van der Waals surface area contributed by atoms with Crippen molar-refractivity contribution in [1.82, 2.24) is 5.32 Å². The average molecular weight is 527 g/mol. The molecule has 1 aliphatic heterocycles. The van der Waals surface area contributed by atoms with Crippen LogP contribution in [-0.2, 0) is 49.0 Å². The number of esters is 3. The minimum Gasteiger partial charge on any atom is -0.456 e. The van der Waals surface area contributed by atoms with E-state index in [-0.39, 0.29) is 16.8 Å². The van der Waals surface area contributed by atoms with Gasteiger partial charge in [-0.3, -0.25) is 19.2 Å². The zero-order valence-corrected chi connectivity index (χ0v) is 22.6. The highest BCUT2D eigenvalue weighted by Gasteiger charge is 2.54. The number of hydrogen-bond acceptors (Lipinski definition) is 10. The maximum atomic E-state index is 12.0. The van der Waals surface area contributed by atoms with Crippen LogP contribution in [0.25, 0.3) is 0 Å². The number of ether oxygens (including phenoxy) is 4. The highest BCUT2D eigenvalue weighted by atomic mass is 32.2. The molecule has 1 fully saturated rings. The van der Waals surface area contributed by atoms with Crippen molar-refractivity contribution in [3.8, 4) is 0 Å². The normalized spacial score (nSPS) is 26.6. The van der Waals surface area contributed by atoms with Crippen LogP contribution in [0.4, 0.5) is 0 Å². The molecule has 0 spiro atoms. The van der Waals surface area contributed by atoms with Crippen molar-refractivity contribution in [3.63, 3.8) is 0 Å². The lowest BCUT2D eigenvalue weighted by Crippen LogP contribution is -2.66. The van der Waals surface area contributed by atoms with Crippen LogP contribution in [-0.4, -0.2) is 89.5 Å². The summed E-state index contributed by atoms with van der Waals surface area (Å²) in [5, 5.41) is 2.93. The monoisotopic (exact) mass is 526 g/mol. The maximum Gasteiger partial charge on any atom is 0.303 e. The van der Waals surface area contributed by atoms with Gasteiger partial charge in [0, 0.05) is 27.7 Å². The lowest BCUT2D eigenvalue weighted by atomic mass is 9.94. The summed E-state index contributed by atoms with van der Waals surface area (Å²) in [5.41, 5.74) is -0.700. The molecular formula is C21H36NO8S3+. The Kier molecular flexibility index (Phi) is 13.6. The van der Waals surface area contributed by atoms with E-state index in [1.165, 1.54) is 39.5 Å². The number of hydrogen-bond donors (Lipinski definition) is 2. The molecule has 0 aromatic rings. The number of amides is 1. The summed E-state index contributed by atoms with van der Waals surface area (Å²) in [5.74, 6) is 0.275. The Morgan fingerprint density at radius 3 is 2.00 bits per heavy atom. The topological polar surface area (TPSA) is 117 Å². The van der Waals surface area contributed by atoms with Crippen LogP contribution in [0.15, 0.2) is 0 Å². The second-order valence-electron chi connectivity index (χ2n) is 7.82. The standard InChI is InChI=1S/C21H35NO8S3/c1-12(23)22-16(11-33(6)10-8-7-9-31)17-18(27-13(2)24)19(28-14(3)25)20(29-15(4)26)21(30-17)32-5/h16-21H,7-11H2,1-6H3,(H-,22,23,31)/p+1/t16-,17+,18-,19-,20+,21+,33?/m0/s1. The molecule has 1 unspecified atom stereocenters. The van der Waals surface area contributed by atoms with E-state index in [1.54, 1.807) is 6.26 Å². The van der Waals surface area contributed by atoms with E-state index in [1.807, 2.05) is 0 Å². The van der Waals surface area contributed by atoms with Crippen molar-refractivity contribution >= 4 is 59.1 Å². The summed E-state index contributed by atoms with van der Waals surface area (Å²) < 4.78 is 22.8. The molecule has 0 saturated carbocycles. The Morgan fingerprint density at radius 1 is 0.970 bits per heavy atom. The molecule has 12 heteroatoms. The van der Waals surface area contributed by atoms with Crippen LogP contribution in [0.1, 0.15) is 40.5 Å². The van der Waals surface area contributed by atoms with Crippen LogP contribution in [0.2, 0.25) is 0 Å². The summed E-state index contributed by atoms with van der Waals surface area (Å²) >= 11 is 5.53. The van der Waals surface area contributed by atoms with Crippen molar-refractivity contribution in [1.29, 1.82) is 0 Å². The van der Waals surface area contributed by atoms with Crippen LogP contribution >= 0.6 is 24.4 Å². The summed E-state index contributed by atoms with van der Waals surface area (Å²) in [6, 6.07) is -0.512. The Hall–Kier alpha value is -1.11. The van der Waals surface area contributed by atoms with Crippen molar-refractivity contribution in [2.45, 2.75) is 76.4 Å². The van der Waals surface area contributed by atoms with E-state index in [2.05, 4.69) is 24.2 Å². The van der Waals surface area contributed by atoms with Gasteiger partial charge in [0.1, 0.15) is 29.1 Å². The van der Waals surface area contributed by atoms with E-state index in [0.29, 0.717) is 5.75 Å². The van der Waals surface area contributed by atoms with Crippen LogP contribution in [0.5, 0.6) is 0 Å². The first-order valence-corrected chi connectivity index (χ1v) is 14.6. The number of nitrogens with one attached hydrogen (secondary N) is 1. The zero-order chi connectivity index (χ0) is 25.1. The molecule has 0 aromatic heterocycles. The second-order valence-corrected chi connectivity index (χ2v) is 11.5. The summed E-state index contributed by atoms with van der Waals surface area (Å²) in [6.07, 6.45) is 1.90. The quantitative estimate of drug-likeness (QED) is 0.128. The number of carbonyl (C=O) groups is 4. The highest BCUT2D eigenvalue weighted by Crippen LogP contribution is 2.34. The van der Waals surface area contributed by atoms with Crippen molar-refractivity contribution in [2.24, 2.45) is 0 Å². The minimum absolute atomic E-state index is 0.0694. The van der Waals surface area contributed by atoms with Crippen LogP contribution in [0.3, 0.4) is 0 Å². The van der Waals surface area contributed by atoms with E-state index in [4.69, 9.17) is 18.9 Å². The van der Waals surface area contributed by atoms with Gasteiger partial charge in [0.05, 0.1) is 6.26 Å². The lowest BCUT2D eigenvalue weighted by Gasteiger charge is -2.46. The number of unbranched alkanes of at least 4 members (excludes halogenated alkanes) is 1. The van der Waals surface area contributed by atoms with Gasteiger partial charge in [-0.15, -0.1) is 11.8 Å². The van der Waals surface area contributed by atoms with Gasteiger partial charge in [-0.05, 0) is 35.7 Å². The van der Waals surface area contributed by atoms with Crippen LogP contribution in [0, 0.1) is 0 Å². The molecule has 0 aromatic carbocycles. The molecule has 33 heavy (non-hydrogen) atoms. The van der Waals surface area contributed by atoms with Gasteiger partial charge in [0.25, 0.3) is 0 Å². The molecule has 1 aliphatic rings. The van der Waals surface area contributed by atoms with Crippen molar-refractivity contribution in [2.75, 3.05) is 29.8 Å². The Labute approximate surface area is 208 Å². The molecule has 1 N–H and O–H groups in total. The molecule has 1 rings (SSSR count). The first-order chi connectivity index (χ1) is 15.5. The Balaban J connectivity index is 3.35. The highest BCUT2D eigenvalue weighted by molar-refractivity contribution is 7.99. The molecular weight excluding hydrogens is 490 g/mol. The van der Waals surface area contributed by atoms with E-state index >= 15 is 0 Å². The molecule has 0 bridgehead atoms. The third-order valence-electron chi connectivity index (χ3n) is 4.82. The second kappa shape index (κ2) is 15.0. The van der Waals surface area contributed by atoms with E-state index < -0.39 is 53.8 Å². The molecule has 7 atom stereocenters. The van der Waals surface area contributed by atoms with Gasteiger partial charge in [0.2, 0.25) is 5.91 Å². The molecule has 1 amide bonds. The van der Waals surface area contributed by atoms with E-state index in [9.17, 15) is 19.2 Å². The van der Waals surface area contributed by atoms with Gasteiger partial charge in [-0.2, -0.15) is 12.6 Å². The molecule has 1 heterocycles. The van der Waals surface area contributed by atoms with Crippen molar-refractivity contribution < 1.29 is 38.1 Å². The first kappa shape index (κ1) is 29.9. The Morgan fingerprint density at radius 2 is 1.52 bits per heavy atom. The summed E-state index contributed by atoms with van der Waals surface area (Å²) in [7, 11) is -0.0694. The number of thioether (sulfide) groups is 1. The average Bonchev–Trinajstić information content (AvgIpc) is 2.69. The fourth-order valence-electron chi connectivity index (χ4n) is 3.65. The van der Waals surface area contributed by atoms with Gasteiger partial charge >= 0.3 is 17.9 Å².